The fourth-order valence-electron chi connectivity index (χ4n) is 3.23. The highest BCUT2D eigenvalue weighted by Gasteiger charge is 2.10. The maximum Gasteiger partial charge on any atom is 0.191 e. The molecule has 0 spiro atoms. The molecule has 168 valence electrons. The lowest BCUT2D eigenvalue weighted by Gasteiger charge is -2.16. The summed E-state index contributed by atoms with van der Waals surface area (Å²) >= 11 is 0. The lowest BCUT2D eigenvalue weighted by Crippen LogP contribution is -2.38. The topological polar surface area (TPSA) is 63.5 Å². The summed E-state index contributed by atoms with van der Waals surface area (Å²) in [5.74, 6) is 2.38. The average Bonchev–Trinajstić information content (AvgIpc) is 2.91. The lowest BCUT2D eigenvalue weighted by molar-refractivity contribution is 0.286. The van der Waals surface area contributed by atoms with E-state index in [0.29, 0.717) is 12.5 Å². The molecule has 2 rings (SSSR count). The molecule has 0 amide bonds. The zero-order chi connectivity index (χ0) is 21.4. The van der Waals surface area contributed by atoms with Crippen LogP contribution in [0.3, 0.4) is 0 Å². The van der Waals surface area contributed by atoms with E-state index in [1.807, 2.05) is 11.7 Å². The number of aryl methyl sites for hydroxylation is 3. The van der Waals surface area contributed by atoms with E-state index < -0.39 is 0 Å². The van der Waals surface area contributed by atoms with Crippen molar-refractivity contribution < 1.29 is 4.74 Å². The van der Waals surface area contributed by atoms with Gasteiger partial charge in [0.2, 0.25) is 0 Å². The average molecular weight is 527 g/mol. The van der Waals surface area contributed by atoms with E-state index in [1.54, 1.807) is 7.05 Å². The SMILES string of the molecule is CN=C(NCCc1c(C)nn(C)c1C)NCc1ccc(C)cc1OCCC(C)C.I. The number of aliphatic imine (C=N–C) groups is 1. The van der Waals surface area contributed by atoms with Gasteiger partial charge in [-0.05, 0) is 56.7 Å². The van der Waals surface area contributed by atoms with Crippen molar-refractivity contribution in [2.75, 3.05) is 20.2 Å². The first kappa shape index (κ1) is 26.3. The smallest absolute Gasteiger partial charge is 0.191 e. The Kier molecular flexibility index (Phi) is 11.2. The Bertz CT molecular complexity index is 829. The molecule has 2 aromatic rings. The second-order valence-electron chi connectivity index (χ2n) is 8.02. The van der Waals surface area contributed by atoms with Crippen LogP contribution in [-0.2, 0) is 20.0 Å². The van der Waals surface area contributed by atoms with Crippen LogP contribution in [0, 0.1) is 26.7 Å². The number of hydrogen-bond acceptors (Lipinski definition) is 3. The van der Waals surface area contributed by atoms with Crippen molar-refractivity contribution in [2.45, 2.75) is 54.0 Å². The molecule has 7 heteroatoms. The van der Waals surface area contributed by atoms with Gasteiger partial charge in [-0.3, -0.25) is 9.67 Å². The molecule has 0 radical (unpaired) electrons. The molecule has 0 aliphatic carbocycles. The van der Waals surface area contributed by atoms with E-state index in [1.165, 1.54) is 16.8 Å². The molecule has 0 atom stereocenters. The van der Waals surface area contributed by atoms with Gasteiger partial charge in [0.25, 0.3) is 0 Å². The maximum absolute atomic E-state index is 6.05. The highest BCUT2D eigenvalue weighted by molar-refractivity contribution is 14.0. The first-order valence-electron chi connectivity index (χ1n) is 10.5. The summed E-state index contributed by atoms with van der Waals surface area (Å²) in [6, 6.07) is 6.36. The molecular formula is C23H38IN5O. The standard InChI is InChI=1S/C23H37N5O.HI/c1-16(2)11-13-29-22-14-17(3)8-9-20(22)15-26-23(24-6)25-12-10-21-18(4)27-28(7)19(21)5;/h8-9,14,16H,10-13,15H2,1-7H3,(H2,24,25,26);1H. The summed E-state index contributed by atoms with van der Waals surface area (Å²) in [5.41, 5.74) is 5.96. The van der Waals surface area contributed by atoms with E-state index in [0.717, 1.165) is 49.0 Å². The van der Waals surface area contributed by atoms with Crippen LogP contribution in [0.25, 0.3) is 0 Å². The molecule has 1 aromatic heterocycles. The van der Waals surface area contributed by atoms with Gasteiger partial charge in [-0.15, -0.1) is 24.0 Å². The maximum atomic E-state index is 6.05. The molecule has 2 N–H and O–H groups in total. The first-order valence-corrected chi connectivity index (χ1v) is 10.5. The quantitative estimate of drug-likeness (QED) is 0.290. The first-order chi connectivity index (χ1) is 13.8. The minimum absolute atomic E-state index is 0. The normalized spacial score (nSPS) is 11.4. The number of rotatable bonds is 9. The van der Waals surface area contributed by atoms with Gasteiger partial charge >= 0.3 is 0 Å². The predicted molar refractivity (Wildman–Crippen MR) is 136 cm³/mol. The Morgan fingerprint density at radius 2 is 1.93 bits per heavy atom. The molecule has 0 unspecified atom stereocenters. The number of nitrogens with zero attached hydrogens (tertiary/aromatic N) is 3. The Morgan fingerprint density at radius 1 is 1.20 bits per heavy atom. The molecular weight excluding hydrogens is 489 g/mol. The molecule has 1 aromatic carbocycles. The van der Waals surface area contributed by atoms with E-state index in [-0.39, 0.29) is 24.0 Å². The summed E-state index contributed by atoms with van der Waals surface area (Å²) in [4.78, 5) is 4.35. The van der Waals surface area contributed by atoms with Gasteiger partial charge in [-0.2, -0.15) is 5.10 Å². The number of hydrogen-bond donors (Lipinski definition) is 2. The van der Waals surface area contributed by atoms with Crippen molar-refractivity contribution in [1.29, 1.82) is 0 Å². The third-order valence-corrected chi connectivity index (χ3v) is 5.17. The molecule has 0 saturated carbocycles. The van der Waals surface area contributed by atoms with Crippen molar-refractivity contribution in [3.63, 3.8) is 0 Å². The Hall–Kier alpha value is -1.77. The number of ether oxygens (including phenoxy) is 1. The van der Waals surface area contributed by atoms with Crippen LogP contribution < -0.4 is 15.4 Å². The van der Waals surface area contributed by atoms with E-state index in [2.05, 4.69) is 73.5 Å². The highest BCUT2D eigenvalue weighted by atomic mass is 127. The zero-order valence-electron chi connectivity index (χ0n) is 19.5. The monoisotopic (exact) mass is 527 g/mol. The Balaban J connectivity index is 0.00000450. The summed E-state index contributed by atoms with van der Waals surface area (Å²) in [6.07, 6.45) is 1.97. The van der Waals surface area contributed by atoms with Crippen LogP contribution in [0.15, 0.2) is 23.2 Å². The van der Waals surface area contributed by atoms with Crippen LogP contribution in [0.1, 0.15) is 48.3 Å². The summed E-state index contributed by atoms with van der Waals surface area (Å²) in [6.45, 7) is 12.9. The van der Waals surface area contributed by atoms with E-state index >= 15 is 0 Å². The fourth-order valence-corrected chi connectivity index (χ4v) is 3.23. The predicted octanol–water partition coefficient (Wildman–Crippen LogP) is 4.30. The highest BCUT2D eigenvalue weighted by Crippen LogP contribution is 2.21. The number of halogens is 1. The summed E-state index contributed by atoms with van der Waals surface area (Å²) in [7, 11) is 3.78. The molecule has 30 heavy (non-hydrogen) atoms. The molecule has 1 heterocycles. The number of aromatic nitrogens is 2. The Morgan fingerprint density at radius 3 is 2.53 bits per heavy atom. The largest absolute Gasteiger partial charge is 0.493 e. The number of nitrogens with one attached hydrogen (secondary N) is 2. The molecule has 0 saturated heterocycles. The second-order valence-corrected chi connectivity index (χ2v) is 8.02. The number of benzene rings is 1. The van der Waals surface area contributed by atoms with Crippen molar-refractivity contribution in [3.05, 3.63) is 46.3 Å². The fraction of sp³-hybridized carbons (Fsp3) is 0.565. The van der Waals surface area contributed by atoms with Gasteiger partial charge in [0.05, 0.1) is 12.3 Å². The van der Waals surface area contributed by atoms with Gasteiger partial charge in [0, 0.05) is 38.4 Å². The van der Waals surface area contributed by atoms with Crippen molar-refractivity contribution in [2.24, 2.45) is 18.0 Å². The Labute approximate surface area is 198 Å². The minimum Gasteiger partial charge on any atom is -0.493 e. The van der Waals surface area contributed by atoms with E-state index in [9.17, 15) is 0 Å². The van der Waals surface area contributed by atoms with Gasteiger partial charge in [0.15, 0.2) is 5.96 Å². The summed E-state index contributed by atoms with van der Waals surface area (Å²) in [5, 5.41) is 11.3. The number of guanidine groups is 1. The van der Waals surface area contributed by atoms with Crippen molar-refractivity contribution >= 4 is 29.9 Å². The minimum atomic E-state index is 0. The van der Waals surface area contributed by atoms with Crippen LogP contribution in [0.5, 0.6) is 5.75 Å². The van der Waals surface area contributed by atoms with Crippen LogP contribution >= 0.6 is 24.0 Å². The molecule has 6 nitrogen and oxygen atoms in total. The van der Waals surface area contributed by atoms with Crippen LogP contribution in [0.4, 0.5) is 0 Å². The third-order valence-electron chi connectivity index (χ3n) is 5.17. The molecule has 0 fully saturated rings. The molecule has 0 aliphatic rings. The van der Waals surface area contributed by atoms with Crippen LogP contribution in [0.2, 0.25) is 0 Å². The van der Waals surface area contributed by atoms with E-state index in [4.69, 9.17) is 4.74 Å². The molecule has 0 aliphatic heterocycles. The third kappa shape index (κ3) is 7.81. The van der Waals surface area contributed by atoms with Gasteiger partial charge < -0.3 is 15.4 Å². The molecule has 0 bridgehead atoms. The van der Waals surface area contributed by atoms with Crippen LogP contribution in [-0.4, -0.2) is 35.9 Å². The van der Waals surface area contributed by atoms with Gasteiger partial charge in [-0.25, -0.2) is 0 Å². The van der Waals surface area contributed by atoms with Crippen molar-refractivity contribution in [3.8, 4) is 5.75 Å². The van der Waals surface area contributed by atoms with Crippen molar-refractivity contribution in [1.82, 2.24) is 20.4 Å². The zero-order valence-corrected chi connectivity index (χ0v) is 21.8. The van der Waals surface area contributed by atoms with Gasteiger partial charge in [0.1, 0.15) is 5.75 Å². The summed E-state index contributed by atoms with van der Waals surface area (Å²) < 4.78 is 7.99. The lowest BCUT2D eigenvalue weighted by atomic mass is 10.1. The van der Waals surface area contributed by atoms with Gasteiger partial charge in [-0.1, -0.05) is 26.0 Å². The second kappa shape index (κ2) is 12.8.